The van der Waals surface area contributed by atoms with E-state index in [-0.39, 0.29) is 4.83 Å². The average Bonchev–Trinajstić information content (AvgIpc) is 2.73. The van der Waals surface area contributed by atoms with Gasteiger partial charge in [-0.25, -0.2) is 0 Å². The fraction of sp³-hybridized carbons (Fsp3) is 0.846. The van der Waals surface area contributed by atoms with Crippen LogP contribution >= 0.6 is 31.9 Å². The molecule has 1 saturated heterocycles. The normalized spacial score (nSPS) is 54.5. The molecule has 1 spiro atoms. The molecule has 6 atom stereocenters. The van der Waals surface area contributed by atoms with Crippen LogP contribution in [0.1, 0.15) is 12.8 Å². The van der Waals surface area contributed by atoms with Gasteiger partial charge in [0, 0.05) is 0 Å². The quantitative estimate of drug-likeness (QED) is 0.486. The van der Waals surface area contributed by atoms with Gasteiger partial charge in [-0.1, -0.05) is 44.0 Å². The Morgan fingerprint density at radius 2 is 1.71 bits per heavy atom. The minimum Gasteiger partial charge on any atom is -0.345 e. The molecule has 94 valence electrons. The fourth-order valence-electron chi connectivity index (χ4n) is 4.06. The van der Waals surface area contributed by atoms with E-state index in [2.05, 4.69) is 44.0 Å². The molecule has 0 unspecified atom stereocenters. The summed E-state index contributed by atoms with van der Waals surface area (Å²) in [5.41, 5.74) is 0. The Morgan fingerprint density at radius 1 is 1.00 bits per heavy atom. The summed E-state index contributed by atoms with van der Waals surface area (Å²) in [7, 11) is 0. The van der Waals surface area contributed by atoms with Gasteiger partial charge in [-0.3, -0.25) is 0 Å². The highest BCUT2D eigenvalue weighted by Crippen LogP contribution is 2.63. The lowest BCUT2D eigenvalue weighted by atomic mass is 9.88. The van der Waals surface area contributed by atoms with Gasteiger partial charge in [-0.2, -0.15) is 0 Å². The molecule has 0 aromatic heterocycles. The molecular formula is C13H16Br2O2. The molecule has 2 nitrogen and oxygen atoms in total. The van der Waals surface area contributed by atoms with E-state index in [1.165, 1.54) is 6.42 Å². The third-order valence-electron chi connectivity index (χ3n) is 4.94. The summed E-state index contributed by atoms with van der Waals surface area (Å²) in [6.07, 6.45) is 7.17. The minimum atomic E-state index is -0.429. The maximum absolute atomic E-state index is 5.98. The molecule has 2 saturated carbocycles. The molecule has 3 fully saturated rings. The van der Waals surface area contributed by atoms with Gasteiger partial charge < -0.3 is 9.47 Å². The molecule has 0 amide bonds. The first-order valence-electron chi connectivity index (χ1n) is 6.47. The van der Waals surface area contributed by atoms with Crippen molar-refractivity contribution in [3.05, 3.63) is 12.2 Å². The smallest absolute Gasteiger partial charge is 0.193 e. The molecule has 0 bridgehead atoms. The summed E-state index contributed by atoms with van der Waals surface area (Å²) in [4.78, 5) is 0.601. The van der Waals surface area contributed by atoms with Crippen molar-refractivity contribution in [3.8, 4) is 0 Å². The van der Waals surface area contributed by atoms with E-state index in [4.69, 9.17) is 9.47 Å². The van der Waals surface area contributed by atoms with Gasteiger partial charge in [0.05, 0.1) is 22.9 Å². The van der Waals surface area contributed by atoms with E-state index in [1.807, 2.05) is 0 Å². The van der Waals surface area contributed by atoms with E-state index in [0.717, 1.165) is 43.3 Å². The lowest BCUT2D eigenvalue weighted by Crippen LogP contribution is -2.50. The predicted molar refractivity (Wildman–Crippen MR) is 72.4 cm³/mol. The maximum atomic E-state index is 5.98. The third-order valence-corrected chi connectivity index (χ3v) is 6.96. The predicted octanol–water partition coefficient (Wildman–Crippen LogP) is 3.10. The van der Waals surface area contributed by atoms with Gasteiger partial charge in [0.2, 0.25) is 0 Å². The highest BCUT2D eigenvalue weighted by Gasteiger charge is 2.61. The van der Waals surface area contributed by atoms with E-state index < -0.39 is 5.79 Å². The highest BCUT2D eigenvalue weighted by molar-refractivity contribution is 9.10. The minimum absolute atomic E-state index is 0.289. The van der Waals surface area contributed by atoms with Gasteiger partial charge in [0.1, 0.15) is 0 Å². The number of hydrogen-bond acceptors (Lipinski definition) is 2. The first-order valence-corrected chi connectivity index (χ1v) is 8.30. The largest absolute Gasteiger partial charge is 0.345 e. The van der Waals surface area contributed by atoms with Crippen LogP contribution in [-0.2, 0) is 9.47 Å². The molecule has 1 aliphatic heterocycles. The number of alkyl halides is 2. The Kier molecular flexibility index (Phi) is 2.57. The summed E-state index contributed by atoms with van der Waals surface area (Å²) in [5.74, 6) is 2.92. The van der Waals surface area contributed by atoms with Crippen LogP contribution in [-0.4, -0.2) is 28.7 Å². The molecular weight excluding hydrogens is 348 g/mol. The summed E-state index contributed by atoms with van der Waals surface area (Å²) in [6, 6.07) is 0. The summed E-state index contributed by atoms with van der Waals surface area (Å²) < 4.78 is 12.0. The van der Waals surface area contributed by atoms with Crippen LogP contribution in [0.25, 0.3) is 0 Å². The van der Waals surface area contributed by atoms with Crippen molar-refractivity contribution >= 4 is 31.9 Å². The van der Waals surface area contributed by atoms with Gasteiger partial charge in [0.25, 0.3) is 0 Å². The zero-order chi connectivity index (χ0) is 11.6. The molecule has 17 heavy (non-hydrogen) atoms. The molecule has 1 heterocycles. The van der Waals surface area contributed by atoms with Crippen molar-refractivity contribution in [2.24, 2.45) is 23.7 Å². The molecule has 0 N–H and O–H groups in total. The van der Waals surface area contributed by atoms with Crippen LogP contribution < -0.4 is 0 Å². The molecule has 0 aromatic rings. The second-order valence-electron chi connectivity index (χ2n) is 5.69. The number of rotatable bonds is 0. The van der Waals surface area contributed by atoms with Crippen LogP contribution in [0.15, 0.2) is 12.2 Å². The number of ether oxygens (including phenoxy) is 2. The molecule has 4 heteroatoms. The first kappa shape index (κ1) is 11.4. The van der Waals surface area contributed by atoms with E-state index in [0.29, 0.717) is 4.83 Å². The van der Waals surface area contributed by atoms with Gasteiger partial charge in [-0.15, -0.1) is 0 Å². The summed E-state index contributed by atoms with van der Waals surface area (Å²) in [5, 5.41) is 0. The number of allylic oxidation sites excluding steroid dienone is 2. The van der Waals surface area contributed by atoms with E-state index >= 15 is 0 Å². The lowest BCUT2D eigenvalue weighted by molar-refractivity contribution is -0.159. The zero-order valence-electron chi connectivity index (χ0n) is 9.52. The fourth-order valence-corrected chi connectivity index (χ4v) is 6.44. The Labute approximate surface area is 118 Å². The van der Waals surface area contributed by atoms with E-state index in [1.54, 1.807) is 0 Å². The number of halogens is 2. The van der Waals surface area contributed by atoms with E-state index in [9.17, 15) is 0 Å². The van der Waals surface area contributed by atoms with Crippen LogP contribution in [0, 0.1) is 23.7 Å². The highest BCUT2D eigenvalue weighted by atomic mass is 79.9. The number of hydrogen-bond donors (Lipinski definition) is 0. The summed E-state index contributed by atoms with van der Waals surface area (Å²) in [6.45, 7) is 1.45. The monoisotopic (exact) mass is 362 g/mol. The summed E-state index contributed by atoms with van der Waals surface area (Å²) >= 11 is 7.66. The van der Waals surface area contributed by atoms with Crippen molar-refractivity contribution in [1.82, 2.24) is 0 Å². The van der Waals surface area contributed by atoms with Crippen LogP contribution in [0.3, 0.4) is 0 Å². The van der Waals surface area contributed by atoms with Crippen molar-refractivity contribution in [1.29, 1.82) is 0 Å². The first-order chi connectivity index (χ1) is 8.22. The van der Waals surface area contributed by atoms with Crippen molar-refractivity contribution < 1.29 is 9.47 Å². The third kappa shape index (κ3) is 1.50. The Morgan fingerprint density at radius 3 is 2.47 bits per heavy atom. The number of fused-ring (bicyclic) bond motifs is 1. The molecule has 4 aliphatic rings. The topological polar surface area (TPSA) is 18.5 Å². The zero-order valence-corrected chi connectivity index (χ0v) is 12.7. The SMILES string of the molecule is Br[C@@H]1C[C@H]2[C@@H]3C=C[C@@H](C[C@@H](Br)C14OCCO4)[C@@H]32. The van der Waals surface area contributed by atoms with Gasteiger partial charge in [-0.05, 0) is 36.5 Å². The lowest BCUT2D eigenvalue weighted by Gasteiger charge is -2.39. The van der Waals surface area contributed by atoms with Crippen LogP contribution in [0.2, 0.25) is 0 Å². The van der Waals surface area contributed by atoms with Crippen molar-refractivity contribution in [3.63, 3.8) is 0 Å². The Balaban J connectivity index is 1.66. The van der Waals surface area contributed by atoms with Gasteiger partial charge >= 0.3 is 0 Å². The second kappa shape index (κ2) is 3.81. The average molecular weight is 364 g/mol. The Bertz CT molecular complexity index is 364. The standard InChI is InChI=1S/C13H16Br2O2/c14-10-5-7-1-2-8-9(12(7)8)6-11(15)13(10)16-3-4-17-13/h1-2,7-12H,3-6H2/t7-,8-,9-,10+,11+,12-/m0/s1. The molecule has 3 aliphatic carbocycles. The van der Waals surface area contributed by atoms with Crippen LogP contribution in [0.4, 0.5) is 0 Å². The molecule has 4 rings (SSSR count). The van der Waals surface area contributed by atoms with Crippen LogP contribution in [0.5, 0.6) is 0 Å². The molecule has 0 radical (unpaired) electrons. The van der Waals surface area contributed by atoms with Crippen molar-refractivity contribution in [2.75, 3.05) is 13.2 Å². The maximum Gasteiger partial charge on any atom is 0.193 e. The van der Waals surface area contributed by atoms with Crippen molar-refractivity contribution in [2.45, 2.75) is 28.3 Å². The second-order valence-corrected chi connectivity index (χ2v) is 7.90. The Hall–Kier alpha value is 0.620. The van der Waals surface area contributed by atoms with Gasteiger partial charge in [0.15, 0.2) is 5.79 Å². The molecule has 0 aromatic carbocycles.